The van der Waals surface area contributed by atoms with Crippen molar-refractivity contribution in [2.45, 2.75) is 20.4 Å². The van der Waals surface area contributed by atoms with Gasteiger partial charge in [-0.3, -0.25) is 9.78 Å². The van der Waals surface area contributed by atoms with Crippen LogP contribution in [-0.2, 0) is 11.3 Å². The summed E-state index contributed by atoms with van der Waals surface area (Å²) in [5.74, 6) is 0.464. The standard InChI is InChI=1S/C18H23N5O/c1-3-20-18(21-11-15-8-5-4-7-14(15)2)22-13-17(24)23-16-9-6-10-19-12-16/h4-10,12H,3,11,13H2,1-2H3,(H,23,24)(H2,20,21,22). The number of aryl methyl sites for hydroxylation is 1. The van der Waals surface area contributed by atoms with Crippen LogP contribution >= 0.6 is 0 Å². The molecule has 1 heterocycles. The van der Waals surface area contributed by atoms with Crippen molar-refractivity contribution in [1.82, 2.24) is 15.6 Å². The van der Waals surface area contributed by atoms with Crippen LogP contribution in [0.5, 0.6) is 0 Å². The largest absolute Gasteiger partial charge is 0.357 e. The third kappa shape index (κ3) is 5.72. The number of aliphatic imine (C=N–C) groups is 1. The van der Waals surface area contributed by atoms with E-state index >= 15 is 0 Å². The molecule has 0 radical (unpaired) electrons. The van der Waals surface area contributed by atoms with E-state index in [1.54, 1.807) is 24.5 Å². The first-order valence-corrected chi connectivity index (χ1v) is 7.95. The molecule has 0 aliphatic heterocycles. The number of anilines is 1. The molecular weight excluding hydrogens is 302 g/mol. The zero-order valence-corrected chi connectivity index (χ0v) is 14.0. The van der Waals surface area contributed by atoms with E-state index in [1.807, 2.05) is 19.1 Å². The highest BCUT2D eigenvalue weighted by molar-refractivity contribution is 5.94. The molecule has 1 amide bonds. The Balaban J connectivity index is 1.89. The van der Waals surface area contributed by atoms with Crippen molar-refractivity contribution >= 4 is 17.6 Å². The highest BCUT2D eigenvalue weighted by Gasteiger charge is 2.04. The van der Waals surface area contributed by atoms with Crippen LogP contribution in [-0.4, -0.2) is 29.9 Å². The van der Waals surface area contributed by atoms with Gasteiger partial charge < -0.3 is 16.0 Å². The Hall–Kier alpha value is -2.89. The van der Waals surface area contributed by atoms with E-state index in [9.17, 15) is 4.79 Å². The molecule has 24 heavy (non-hydrogen) atoms. The van der Waals surface area contributed by atoms with E-state index in [0.717, 1.165) is 12.1 Å². The molecule has 0 atom stereocenters. The van der Waals surface area contributed by atoms with Crippen LogP contribution in [0.2, 0.25) is 0 Å². The molecule has 0 spiro atoms. The molecule has 126 valence electrons. The summed E-state index contributed by atoms with van der Waals surface area (Å²) < 4.78 is 0. The van der Waals surface area contributed by atoms with E-state index in [0.29, 0.717) is 18.2 Å². The van der Waals surface area contributed by atoms with E-state index < -0.39 is 0 Å². The van der Waals surface area contributed by atoms with Crippen molar-refractivity contribution in [2.75, 3.05) is 18.4 Å². The van der Waals surface area contributed by atoms with Crippen molar-refractivity contribution in [2.24, 2.45) is 4.99 Å². The second kappa shape index (κ2) is 9.29. The maximum atomic E-state index is 12.0. The Kier molecular flexibility index (Phi) is 6.76. The van der Waals surface area contributed by atoms with Gasteiger partial charge in [0.1, 0.15) is 0 Å². The van der Waals surface area contributed by atoms with E-state index in [4.69, 9.17) is 0 Å². The minimum atomic E-state index is -0.149. The number of pyridine rings is 1. The number of hydrogen-bond acceptors (Lipinski definition) is 3. The number of carbonyl (C=O) groups is 1. The summed E-state index contributed by atoms with van der Waals surface area (Å²) in [6.45, 7) is 5.47. The lowest BCUT2D eigenvalue weighted by molar-refractivity contribution is -0.115. The second-order valence-electron chi connectivity index (χ2n) is 5.27. The summed E-state index contributed by atoms with van der Waals surface area (Å²) in [7, 11) is 0. The lowest BCUT2D eigenvalue weighted by Crippen LogP contribution is -2.41. The van der Waals surface area contributed by atoms with Gasteiger partial charge >= 0.3 is 0 Å². The molecule has 6 heteroatoms. The van der Waals surface area contributed by atoms with Crippen molar-refractivity contribution in [3.05, 3.63) is 59.9 Å². The number of hydrogen-bond donors (Lipinski definition) is 3. The van der Waals surface area contributed by atoms with Gasteiger partial charge in [0.25, 0.3) is 0 Å². The molecule has 1 aromatic heterocycles. The Morgan fingerprint density at radius 2 is 2.00 bits per heavy atom. The summed E-state index contributed by atoms with van der Waals surface area (Å²) in [5, 5.41) is 8.95. The Morgan fingerprint density at radius 3 is 2.71 bits per heavy atom. The zero-order chi connectivity index (χ0) is 17.2. The number of amides is 1. The summed E-state index contributed by atoms with van der Waals surface area (Å²) in [4.78, 5) is 20.5. The van der Waals surface area contributed by atoms with Crippen LogP contribution in [0, 0.1) is 6.92 Å². The molecule has 0 unspecified atom stereocenters. The second-order valence-corrected chi connectivity index (χ2v) is 5.27. The van der Waals surface area contributed by atoms with Crippen LogP contribution in [0.3, 0.4) is 0 Å². The molecular formula is C18H23N5O. The minimum Gasteiger partial charge on any atom is -0.357 e. The van der Waals surface area contributed by atoms with Gasteiger partial charge in [-0.2, -0.15) is 0 Å². The predicted octanol–water partition coefficient (Wildman–Crippen LogP) is 2.08. The zero-order valence-electron chi connectivity index (χ0n) is 14.0. The third-order valence-corrected chi connectivity index (χ3v) is 3.37. The maximum Gasteiger partial charge on any atom is 0.243 e. The number of rotatable bonds is 6. The molecule has 2 rings (SSSR count). The van der Waals surface area contributed by atoms with Gasteiger partial charge in [0, 0.05) is 12.7 Å². The summed E-state index contributed by atoms with van der Waals surface area (Å²) in [6, 6.07) is 11.7. The van der Waals surface area contributed by atoms with Crippen LogP contribution in [0.4, 0.5) is 5.69 Å². The van der Waals surface area contributed by atoms with Crippen LogP contribution in [0.15, 0.2) is 53.8 Å². The highest BCUT2D eigenvalue weighted by Crippen LogP contribution is 2.07. The minimum absolute atomic E-state index is 0.133. The number of nitrogens with one attached hydrogen (secondary N) is 3. The van der Waals surface area contributed by atoms with Gasteiger partial charge in [-0.15, -0.1) is 0 Å². The lowest BCUT2D eigenvalue weighted by atomic mass is 10.1. The smallest absolute Gasteiger partial charge is 0.243 e. The van der Waals surface area contributed by atoms with Crippen molar-refractivity contribution in [3.63, 3.8) is 0 Å². The average molecular weight is 325 g/mol. The molecule has 0 fully saturated rings. The van der Waals surface area contributed by atoms with Crippen molar-refractivity contribution < 1.29 is 4.79 Å². The summed E-state index contributed by atoms with van der Waals surface area (Å²) in [5.41, 5.74) is 3.03. The fourth-order valence-electron chi connectivity index (χ4n) is 2.10. The van der Waals surface area contributed by atoms with Gasteiger partial charge in [0.05, 0.1) is 25.0 Å². The number of carbonyl (C=O) groups excluding carboxylic acids is 1. The molecule has 0 aliphatic rings. The Morgan fingerprint density at radius 1 is 1.17 bits per heavy atom. The molecule has 2 aromatic rings. The van der Waals surface area contributed by atoms with Gasteiger partial charge in [0.2, 0.25) is 5.91 Å². The van der Waals surface area contributed by atoms with Crippen LogP contribution in [0.1, 0.15) is 18.1 Å². The van der Waals surface area contributed by atoms with Gasteiger partial charge in [-0.05, 0) is 37.1 Å². The quantitative estimate of drug-likeness (QED) is 0.561. The Labute approximate surface area is 142 Å². The first-order valence-electron chi connectivity index (χ1n) is 7.95. The molecule has 0 aliphatic carbocycles. The molecule has 0 saturated carbocycles. The first kappa shape index (κ1) is 17.5. The third-order valence-electron chi connectivity index (χ3n) is 3.37. The van der Waals surface area contributed by atoms with Crippen molar-refractivity contribution in [3.8, 4) is 0 Å². The normalized spacial score (nSPS) is 11.0. The van der Waals surface area contributed by atoms with Gasteiger partial charge in [0.15, 0.2) is 5.96 Å². The topological polar surface area (TPSA) is 78.4 Å². The molecule has 0 bridgehead atoms. The predicted molar refractivity (Wildman–Crippen MR) is 96.9 cm³/mol. The van der Waals surface area contributed by atoms with Gasteiger partial charge in [-0.1, -0.05) is 24.3 Å². The van der Waals surface area contributed by atoms with E-state index in [-0.39, 0.29) is 12.5 Å². The van der Waals surface area contributed by atoms with E-state index in [1.165, 1.54) is 5.56 Å². The summed E-state index contributed by atoms with van der Waals surface area (Å²) >= 11 is 0. The first-order chi connectivity index (χ1) is 11.7. The van der Waals surface area contributed by atoms with Gasteiger partial charge in [-0.25, -0.2) is 4.99 Å². The summed E-state index contributed by atoms with van der Waals surface area (Å²) in [6.07, 6.45) is 3.27. The lowest BCUT2D eigenvalue weighted by Gasteiger charge is -2.12. The SMILES string of the molecule is CCNC(=NCc1ccccc1C)NCC(=O)Nc1cccnc1. The number of aromatic nitrogens is 1. The maximum absolute atomic E-state index is 12.0. The van der Waals surface area contributed by atoms with E-state index in [2.05, 4.69) is 45.0 Å². The Bertz CT molecular complexity index is 685. The fourth-order valence-corrected chi connectivity index (χ4v) is 2.10. The van der Waals surface area contributed by atoms with Crippen molar-refractivity contribution in [1.29, 1.82) is 0 Å². The number of guanidine groups is 1. The molecule has 1 aromatic carbocycles. The molecule has 0 saturated heterocycles. The number of nitrogens with zero attached hydrogens (tertiary/aromatic N) is 2. The fraction of sp³-hybridized carbons (Fsp3) is 0.278. The number of benzene rings is 1. The highest BCUT2D eigenvalue weighted by atomic mass is 16.1. The average Bonchev–Trinajstić information content (AvgIpc) is 2.59. The molecule has 6 nitrogen and oxygen atoms in total. The van der Waals surface area contributed by atoms with Crippen LogP contribution < -0.4 is 16.0 Å². The van der Waals surface area contributed by atoms with Crippen LogP contribution in [0.25, 0.3) is 0 Å². The molecule has 3 N–H and O–H groups in total. The monoisotopic (exact) mass is 325 g/mol.